The predicted octanol–water partition coefficient (Wildman–Crippen LogP) is 3.12. The van der Waals surface area contributed by atoms with Crippen molar-refractivity contribution in [2.24, 2.45) is 5.92 Å². The second-order valence-corrected chi connectivity index (χ2v) is 6.07. The van der Waals surface area contributed by atoms with E-state index in [1.165, 1.54) is 5.56 Å². The number of benzene rings is 1. The van der Waals surface area contributed by atoms with Gasteiger partial charge in [0.1, 0.15) is 5.82 Å². The molecule has 1 aromatic carbocycles. The number of carbonyl (C=O) groups excluding carboxylic acids is 1. The predicted molar refractivity (Wildman–Crippen MR) is 92.1 cm³/mol. The number of aromatic nitrogens is 2. The summed E-state index contributed by atoms with van der Waals surface area (Å²) >= 11 is 0. The zero-order chi connectivity index (χ0) is 16.7. The Balaban J connectivity index is 2.11. The van der Waals surface area contributed by atoms with E-state index >= 15 is 0 Å². The second kappa shape index (κ2) is 8.36. The molecule has 2 amide bonds. The summed E-state index contributed by atoms with van der Waals surface area (Å²) in [5.41, 5.74) is 1.22. The summed E-state index contributed by atoms with van der Waals surface area (Å²) < 4.78 is 2.10. The van der Waals surface area contributed by atoms with Gasteiger partial charge >= 0.3 is 6.03 Å². The van der Waals surface area contributed by atoms with Crippen LogP contribution in [0.15, 0.2) is 42.7 Å². The van der Waals surface area contributed by atoms with Crippen molar-refractivity contribution in [3.63, 3.8) is 0 Å². The van der Waals surface area contributed by atoms with Crippen molar-refractivity contribution in [2.75, 3.05) is 13.1 Å². The van der Waals surface area contributed by atoms with E-state index in [4.69, 9.17) is 0 Å². The van der Waals surface area contributed by atoms with Crippen molar-refractivity contribution in [1.29, 1.82) is 0 Å². The summed E-state index contributed by atoms with van der Waals surface area (Å²) in [5.74, 6) is 1.32. The van der Waals surface area contributed by atoms with Crippen LogP contribution in [0, 0.1) is 5.92 Å². The van der Waals surface area contributed by atoms with Gasteiger partial charge in [-0.1, -0.05) is 44.2 Å². The highest BCUT2D eigenvalue weighted by molar-refractivity contribution is 5.74. The van der Waals surface area contributed by atoms with Crippen molar-refractivity contribution in [3.8, 4) is 0 Å². The molecular weight excluding hydrogens is 288 g/mol. The lowest BCUT2D eigenvalue weighted by molar-refractivity contribution is 0.186. The molecule has 5 heteroatoms. The third-order valence-corrected chi connectivity index (χ3v) is 3.53. The molecule has 0 radical (unpaired) electrons. The molecule has 0 saturated carbocycles. The Morgan fingerprint density at radius 3 is 2.70 bits per heavy atom. The fourth-order valence-corrected chi connectivity index (χ4v) is 2.51. The molecule has 1 heterocycles. The first kappa shape index (κ1) is 17.1. The maximum atomic E-state index is 12.3. The van der Waals surface area contributed by atoms with Crippen molar-refractivity contribution in [3.05, 3.63) is 54.1 Å². The smallest absolute Gasteiger partial charge is 0.317 e. The molecule has 0 spiro atoms. The van der Waals surface area contributed by atoms with Crippen molar-refractivity contribution >= 4 is 6.03 Å². The van der Waals surface area contributed by atoms with Gasteiger partial charge in [0, 0.05) is 32.0 Å². The molecule has 5 nitrogen and oxygen atoms in total. The average Bonchev–Trinajstić information content (AvgIpc) is 2.94. The van der Waals surface area contributed by atoms with Crippen LogP contribution in [-0.2, 0) is 13.1 Å². The van der Waals surface area contributed by atoms with Gasteiger partial charge in [-0.05, 0) is 18.4 Å². The Hall–Kier alpha value is -2.30. The van der Waals surface area contributed by atoms with Gasteiger partial charge in [0.05, 0.1) is 6.54 Å². The fourth-order valence-electron chi connectivity index (χ4n) is 2.51. The largest absolute Gasteiger partial charge is 0.338 e. The lowest BCUT2D eigenvalue weighted by Crippen LogP contribution is -2.41. The lowest BCUT2D eigenvalue weighted by Gasteiger charge is -2.24. The van der Waals surface area contributed by atoms with Gasteiger partial charge in [0.15, 0.2) is 0 Å². The molecule has 1 N–H and O–H groups in total. The quantitative estimate of drug-likeness (QED) is 0.853. The number of imidazole rings is 1. The van der Waals surface area contributed by atoms with Gasteiger partial charge in [-0.3, -0.25) is 0 Å². The summed E-state index contributed by atoms with van der Waals surface area (Å²) in [6.45, 7) is 8.79. The van der Waals surface area contributed by atoms with Gasteiger partial charge in [0.25, 0.3) is 0 Å². The molecule has 0 aliphatic rings. The van der Waals surface area contributed by atoms with E-state index in [2.05, 4.69) is 40.8 Å². The van der Waals surface area contributed by atoms with E-state index in [0.717, 1.165) is 12.4 Å². The Kier molecular flexibility index (Phi) is 6.20. The van der Waals surface area contributed by atoms with E-state index < -0.39 is 0 Å². The Labute approximate surface area is 138 Å². The number of hydrogen-bond donors (Lipinski definition) is 1. The van der Waals surface area contributed by atoms with Crippen LogP contribution in [0.3, 0.4) is 0 Å². The third kappa shape index (κ3) is 5.13. The topological polar surface area (TPSA) is 50.2 Å². The van der Waals surface area contributed by atoms with Gasteiger partial charge < -0.3 is 14.8 Å². The zero-order valence-corrected chi connectivity index (χ0v) is 14.2. The molecule has 0 aliphatic carbocycles. The SMILES string of the molecule is CCNC(=O)N(Cc1nccn1Cc1ccccc1)CC(C)C. The Bertz CT molecular complexity index is 606. The molecule has 0 saturated heterocycles. The highest BCUT2D eigenvalue weighted by atomic mass is 16.2. The van der Waals surface area contributed by atoms with E-state index in [1.54, 1.807) is 6.20 Å². The van der Waals surface area contributed by atoms with Crippen LogP contribution < -0.4 is 5.32 Å². The van der Waals surface area contributed by atoms with Crippen molar-refractivity contribution in [1.82, 2.24) is 19.8 Å². The minimum Gasteiger partial charge on any atom is -0.338 e. The van der Waals surface area contributed by atoms with Crippen molar-refractivity contribution in [2.45, 2.75) is 33.9 Å². The summed E-state index contributed by atoms with van der Waals surface area (Å²) in [4.78, 5) is 18.5. The molecule has 2 rings (SSSR count). The van der Waals surface area contributed by atoms with Crippen LogP contribution >= 0.6 is 0 Å². The second-order valence-electron chi connectivity index (χ2n) is 6.07. The van der Waals surface area contributed by atoms with Gasteiger partial charge in [0.2, 0.25) is 0 Å². The average molecular weight is 314 g/mol. The van der Waals surface area contributed by atoms with Crippen LogP contribution in [0.5, 0.6) is 0 Å². The van der Waals surface area contributed by atoms with Crippen LogP contribution in [0.2, 0.25) is 0 Å². The molecular formula is C18H26N4O. The van der Waals surface area contributed by atoms with E-state index in [1.807, 2.05) is 36.2 Å². The monoisotopic (exact) mass is 314 g/mol. The molecule has 1 aromatic heterocycles. The highest BCUT2D eigenvalue weighted by Gasteiger charge is 2.17. The summed E-state index contributed by atoms with van der Waals surface area (Å²) in [5, 5.41) is 2.88. The van der Waals surface area contributed by atoms with E-state index in [-0.39, 0.29) is 6.03 Å². The van der Waals surface area contributed by atoms with Gasteiger partial charge in [-0.2, -0.15) is 0 Å². The van der Waals surface area contributed by atoms with E-state index in [9.17, 15) is 4.79 Å². The first-order valence-electron chi connectivity index (χ1n) is 8.16. The van der Waals surface area contributed by atoms with Crippen LogP contribution in [0.25, 0.3) is 0 Å². The molecule has 23 heavy (non-hydrogen) atoms. The number of hydrogen-bond acceptors (Lipinski definition) is 2. The standard InChI is InChI=1S/C18H26N4O/c1-4-19-18(23)22(12-15(2)3)14-17-20-10-11-21(17)13-16-8-6-5-7-9-16/h5-11,15H,4,12-14H2,1-3H3,(H,19,23). The summed E-state index contributed by atoms with van der Waals surface area (Å²) in [6.07, 6.45) is 3.76. The Morgan fingerprint density at radius 2 is 2.04 bits per heavy atom. The number of rotatable bonds is 7. The fraction of sp³-hybridized carbons (Fsp3) is 0.444. The first-order chi connectivity index (χ1) is 11.1. The Morgan fingerprint density at radius 1 is 1.30 bits per heavy atom. The first-order valence-corrected chi connectivity index (χ1v) is 8.16. The molecule has 124 valence electrons. The minimum atomic E-state index is -0.0320. The molecule has 0 fully saturated rings. The zero-order valence-electron chi connectivity index (χ0n) is 14.2. The number of urea groups is 1. The highest BCUT2D eigenvalue weighted by Crippen LogP contribution is 2.10. The maximum Gasteiger partial charge on any atom is 0.317 e. The molecule has 0 bridgehead atoms. The minimum absolute atomic E-state index is 0.0320. The summed E-state index contributed by atoms with van der Waals surface area (Å²) in [7, 11) is 0. The van der Waals surface area contributed by atoms with Gasteiger partial charge in [-0.25, -0.2) is 9.78 Å². The normalized spacial score (nSPS) is 10.8. The number of amides is 2. The lowest BCUT2D eigenvalue weighted by atomic mass is 10.2. The molecule has 0 atom stereocenters. The number of nitrogens with zero attached hydrogens (tertiary/aromatic N) is 3. The molecule has 0 unspecified atom stereocenters. The third-order valence-electron chi connectivity index (χ3n) is 3.53. The van der Waals surface area contributed by atoms with Crippen LogP contribution in [0.1, 0.15) is 32.2 Å². The molecule has 0 aliphatic heterocycles. The maximum absolute atomic E-state index is 12.3. The summed E-state index contributed by atoms with van der Waals surface area (Å²) in [6, 6.07) is 10.2. The van der Waals surface area contributed by atoms with Gasteiger partial charge in [-0.15, -0.1) is 0 Å². The van der Waals surface area contributed by atoms with Crippen LogP contribution in [-0.4, -0.2) is 33.6 Å². The number of nitrogens with one attached hydrogen (secondary N) is 1. The number of carbonyl (C=O) groups is 1. The van der Waals surface area contributed by atoms with Crippen molar-refractivity contribution < 1.29 is 4.79 Å². The van der Waals surface area contributed by atoms with Crippen LogP contribution in [0.4, 0.5) is 4.79 Å². The molecule has 2 aromatic rings. The van der Waals surface area contributed by atoms with E-state index in [0.29, 0.717) is 25.6 Å².